The van der Waals surface area contributed by atoms with Crippen LogP contribution in [-0.2, 0) is 0 Å². The van der Waals surface area contributed by atoms with Crippen molar-refractivity contribution in [3.05, 3.63) is 29.8 Å². The Morgan fingerprint density at radius 1 is 1.54 bits per heavy atom. The van der Waals surface area contributed by atoms with E-state index in [0.717, 1.165) is 0 Å². The number of aliphatic hydroxyl groups excluding tert-OH is 2. The number of rotatable bonds is 3. The van der Waals surface area contributed by atoms with Gasteiger partial charge in [0.2, 0.25) is 5.95 Å². The quantitative estimate of drug-likeness (QED) is 0.496. The van der Waals surface area contributed by atoms with Crippen molar-refractivity contribution in [1.29, 1.82) is 0 Å². The molecule has 0 spiro atoms. The van der Waals surface area contributed by atoms with E-state index in [2.05, 4.69) is 17.6 Å². The summed E-state index contributed by atoms with van der Waals surface area (Å²) in [5.74, 6) is -0.703. The van der Waals surface area contributed by atoms with Gasteiger partial charge in [-0.3, -0.25) is 0 Å². The molecule has 0 saturated heterocycles. The van der Waals surface area contributed by atoms with E-state index in [1.165, 1.54) is 18.3 Å². The van der Waals surface area contributed by atoms with Gasteiger partial charge in [-0.2, -0.15) is 17.0 Å². The summed E-state index contributed by atoms with van der Waals surface area (Å²) in [5, 5.41) is 18.6. The molecular weight excluding hydrogens is 193 g/mol. The van der Waals surface area contributed by atoms with E-state index in [9.17, 15) is 14.6 Å². The molecule has 0 radical (unpaired) electrons. The predicted octanol–water partition coefficient (Wildman–Crippen LogP) is 0.545. The molecule has 1 rings (SSSR count). The molecule has 0 aliphatic carbocycles. The standard InChI is InChI=1S/C8H10FNO2S/c9-8-5(2-1-3-10-8)7(12)6(11)4-13/h1-3,6-7,11-13H,4H2. The second-order valence-electron chi connectivity index (χ2n) is 2.58. The number of hydrogen-bond donors (Lipinski definition) is 3. The van der Waals surface area contributed by atoms with Gasteiger partial charge in [-0.05, 0) is 6.07 Å². The highest BCUT2D eigenvalue weighted by Crippen LogP contribution is 2.18. The first-order chi connectivity index (χ1) is 6.16. The predicted molar refractivity (Wildman–Crippen MR) is 49.0 cm³/mol. The lowest BCUT2D eigenvalue weighted by molar-refractivity contribution is 0.0310. The van der Waals surface area contributed by atoms with Crippen LogP contribution in [0.15, 0.2) is 18.3 Å². The SMILES string of the molecule is OC(CS)C(O)c1cccnc1F. The van der Waals surface area contributed by atoms with Gasteiger partial charge in [0.25, 0.3) is 0 Å². The van der Waals surface area contributed by atoms with E-state index in [4.69, 9.17) is 0 Å². The Bertz CT molecular complexity index is 285. The van der Waals surface area contributed by atoms with Gasteiger partial charge in [-0.1, -0.05) is 6.07 Å². The highest BCUT2D eigenvalue weighted by Gasteiger charge is 2.20. The fourth-order valence-electron chi connectivity index (χ4n) is 0.926. The fourth-order valence-corrected chi connectivity index (χ4v) is 1.13. The number of aromatic nitrogens is 1. The van der Waals surface area contributed by atoms with Crippen molar-refractivity contribution in [1.82, 2.24) is 4.98 Å². The third kappa shape index (κ3) is 2.40. The van der Waals surface area contributed by atoms with E-state index < -0.39 is 18.2 Å². The maximum atomic E-state index is 12.9. The highest BCUT2D eigenvalue weighted by atomic mass is 32.1. The van der Waals surface area contributed by atoms with Gasteiger partial charge in [0, 0.05) is 17.5 Å². The fraction of sp³-hybridized carbons (Fsp3) is 0.375. The molecule has 0 fully saturated rings. The molecule has 13 heavy (non-hydrogen) atoms. The lowest BCUT2D eigenvalue weighted by Gasteiger charge is -2.15. The zero-order valence-corrected chi connectivity index (χ0v) is 7.66. The molecule has 2 N–H and O–H groups in total. The van der Waals surface area contributed by atoms with Gasteiger partial charge < -0.3 is 10.2 Å². The van der Waals surface area contributed by atoms with Crippen molar-refractivity contribution < 1.29 is 14.6 Å². The summed E-state index contributed by atoms with van der Waals surface area (Å²) in [7, 11) is 0. The van der Waals surface area contributed by atoms with Crippen molar-refractivity contribution in [3.63, 3.8) is 0 Å². The zero-order chi connectivity index (χ0) is 9.84. The summed E-state index contributed by atoms with van der Waals surface area (Å²) in [4.78, 5) is 3.35. The molecule has 0 amide bonds. The van der Waals surface area contributed by atoms with Crippen molar-refractivity contribution in [2.45, 2.75) is 12.2 Å². The van der Waals surface area contributed by atoms with Gasteiger partial charge in [0.15, 0.2) is 0 Å². The molecule has 0 bridgehead atoms. The molecule has 3 nitrogen and oxygen atoms in total. The van der Waals surface area contributed by atoms with E-state index in [0.29, 0.717) is 0 Å². The lowest BCUT2D eigenvalue weighted by Crippen LogP contribution is -2.21. The number of nitrogens with zero attached hydrogens (tertiary/aromatic N) is 1. The average Bonchev–Trinajstić information content (AvgIpc) is 2.16. The maximum absolute atomic E-state index is 12.9. The minimum absolute atomic E-state index is 0.0101. The Morgan fingerprint density at radius 2 is 2.23 bits per heavy atom. The monoisotopic (exact) mass is 203 g/mol. The van der Waals surface area contributed by atoms with E-state index in [-0.39, 0.29) is 11.3 Å². The molecule has 2 unspecified atom stereocenters. The van der Waals surface area contributed by atoms with Crippen LogP contribution in [0.4, 0.5) is 4.39 Å². The largest absolute Gasteiger partial charge is 0.389 e. The molecule has 1 aromatic rings. The Kier molecular flexibility index (Phi) is 3.65. The number of hydrogen-bond acceptors (Lipinski definition) is 4. The van der Waals surface area contributed by atoms with Gasteiger partial charge in [-0.25, -0.2) is 4.98 Å². The molecule has 1 heterocycles. The maximum Gasteiger partial charge on any atom is 0.218 e. The number of halogens is 1. The van der Waals surface area contributed by atoms with Gasteiger partial charge in [0.05, 0.1) is 6.10 Å². The van der Waals surface area contributed by atoms with Gasteiger partial charge in [-0.15, -0.1) is 0 Å². The second kappa shape index (κ2) is 4.55. The average molecular weight is 203 g/mol. The van der Waals surface area contributed by atoms with Crippen molar-refractivity contribution in [2.24, 2.45) is 0 Å². The topological polar surface area (TPSA) is 53.4 Å². The van der Waals surface area contributed by atoms with Crippen LogP contribution < -0.4 is 0 Å². The number of aliphatic hydroxyl groups is 2. The van der Waals surface area contributed by atoms with Gasteiger partial charge in [0.1, 0.15) is 6.10 Å². The first-order valence-corrected chi connectivity index (χ1v) is 4.37. The van der Waals surface area contributed by atoms with Crippen LogP contribution >= 0.6 is 12.6 Å². The third-order valence-electron chi connectivity index (χ3n) is 1.66. The summed E-state index contributed by atoms with van der Waals surface area (Å²) < 4.78 is 12.9. The van der Waals surface area contributed by atoms with E-state index in [1.54, 1.807) is 0 Å². The molecule has 0 aromatic carbocycles. The number of thiol groups is 1. The summed E-state index contributed by atoms with van der Waals surface area (Å²) in [6.45, 7) is 0. The minimum atomic E-state index is -1.27. The molecular formula is C8H10FNO2S. The smallest absolute Gasteiger partial charge is 0.218 e. The van der Waals surface area contributed by atoms with Crippen LogP contribution in [0, 0.1) is 5.95 Å². The second-order valence-corrected chi connectivity index (χ2v) is 2.94. The molecule has 0 aliphatic heterocycles. The Hall–Kier alpha value is -0.650. The lowest BCUT2D eigenvalue weighted by atomic mass is 10.1. The van der Waals surface area contributed by atoms with Crippen molar-refractivity contribution >= 4 is 12.6 Å². The highest BCUT2D eigenvalue weighted by molar-refractivity contribution is 7.80. The van der Waals surface area contributed by atoms with Crippen LogP contribution in [-0.4, -0.2) is 27.1 Å². The molecule has 0 saturated carbocycles. The van der Waals surface area contributed by atoms with Crippen molar-refractivity contribution in [3.8, 4) is 0 Å². The zero-order valence-electron chi connectivity index (χ0n) is 6.76. The van der Waals surface area contributed by atoms with Crippen molar-refractivity contribution in [2.75, 3.05) is 5.75 Å². The van der Waals surface area contributed by atoms with Gasteiger partial charge >= 0.3 is 0 Å². The first kappa shape index (κ1) is 10.4. The molecule has 2 atom stereocenters. The Balaban J connectivity index is 2.88. The summed E-state index contributed by atoms with van der Waals surface area (Å²) in [5.41, 5.74) is -0.0101. The third-order valence-corrected chi connectivity index (χ3v) is 2.03. The molecule has 72 valence electrons. The Morgan fingerprint density at radius 3 is 2.77 bits per heavy atom. The summed E-state index contributed by atoms with van der Waals surface area (Å²) in [6.07, 6.45) is -1.08. The normalized spacial score (nSPS) is 15.4. The molecule has 0 aliphatic rings. The van der Waals surface area contributed by atoms with E-state index in [1.807, 2.05) is 0 Å². The van der Waals surface area contributed by atoms with Crippen LogP contribution in [0.1, 0.15) is 11.7 Å². The summed E-state index contributed by atoms with van der Waals surface area (Å²) >= 11 is 3.79. The summed E-state index contributed by atoms with van der Waals surface area (Å²) in [6, 6.07) is 2.87. The number of pyridine rings is 1. The van der Waals surface area contributed by atoms with Crippen LogP contribution in [0.2, 0.25) is 0 Å². The Labute approximate surface area is 80.7 Å². The van der Waals surface area contributed by atoms with E-state index >= 15 is 0 Å². The van der Waals surface area contributed by atoms with Crippen LogP contribution in [0.3, 0.4) is 0 Å². The molecule has 5 heteroatoms. The first-order valence-electron chi connectivity index (χ1n) is 3.74. The molecule has 1 aromatic heterocycles. The van der Waals surface area contributed by atoms with Crippen LogP contribution in [0.25, 0.3) is 0 Å². The van der Waals surface area contributed by atoms with Crippen LogP contribution in [0.5, 0.6) is 0 Å². The minimum Gasteiger partial charge on any atom is -0.389 e.